The van der Waals surface area contributed by atoms with Crippen molar-refractivity contribution in [1.29, 1.82) is 0 Å². The van der Waals surface area contributed by atoms with Crippen molar-refractivity contribution in [3.05, 3.63) is 88.2 Å². The molecule has 43 heavy (non-hydrogen) atoms. The number of hydrogen-bond donors (Lipinski definition) is 3. The van der Waals surface area contributed by atoms with Crippen molar-refractivity contribution in [2.75, 3.05) is 31.5 Å². The third kappa shape index (κ3) is 4.31. The number of anilines is 1. The summed E-state index contributed by atoms with van der Waals surface area (Å²) < 4.78 is 0. The summed E-state index contributed by atoms with van der Waals surface area (Å²) in [5.41, 5.74) is 5.82. The molecule has 1 saturated heterocycles. The molecule has 8 rings (SSSR count). The molecule has 1 spiro atoms. The molecule has 4 aliphatic rings. The Hall–Kier alpha value is -4.57. The number of pyridine rings is 1. The van der Waals surface area contributed by atoms with Crippen LogP contribution < -0.4 is 10.6 Å². The molecule has 10 nitrogen and oxygen atoms in total. The van der Waals surface area contributed by atoms with E-state index in [-0.39, 0.29) is 17.7 Å². The maximum Gasteiger partial charge on any atom is 0.251 e. The number of nitrogens with zero attached hydrogens (tertiary/aromatic N) is 4. The van der Waals surface area contributed by atoms with E-state index in [2.05, 4.69) is 30.7 Å². The molecule has 3 amide bonds. The molecule has 1 fully saturated rings. The van der Waals surface area contributed by atoms with Crippen LogP contribution in [0.15, 0.2) is 54.9 Å². The van der Waals surface area contributed by atoms with E-state index in [0.717, 1.165) is 58.4 Å². The highest BCUT2D eigenvalue weighted by molar-refractivity contribution is 6.06. The van der Waals surface area contributed by atoms with Crippen molar-refractivity contribution in [2.24, 2.45) is 0 Å². The summed E-state index contributed by atoms with van der Waals surface area (Å²) in [5, 5.41) is 14.3. The highest BCUT2D eigenvalue weighted by Gasteiger charge is 2.51. The van der Waals surface area contributed by atoms with Crippen LogP contribution in [0.4, 0.5) is 5.82 Å². The molecule has 2 unspecified atom stereocenters. The number of H-pyrrole nitrogens is 1. The molecule has 218 valence electrons. The number of fused-ring (bicyclic) bond motifs is 6. The Morgan fingerprint density at radius 3 is 2.74 bits per heavy atom. The number of aromatic nitrogens is 3. The molecule has 3 aliphatic heterocycles. The predicted molar refractivity (Wildman–Crippen MR) is 161 cm³/mol. The van der Waals surface area contributed by atoms with Gasteiger partial charge in [-0.25, -0.2) is 4.98 Å². The number of likely N-dealkylation sites (tertiary alicyclic amines) is 1. The molecule has 3 N–H and O–H groups in total. The predicted octanol–water partition coefficient (Wildman–Crippen LogP) is 2.73. The normalized spacial score (nSPS) is 22.9. The van der Waals surface area contributed by atoms with Gasteiger partial charge in [-0.1, -0.05) is 18.2 Å². The summed E-state index contributed by atoms with van der Waals surface area (Å²) in [6.45, 7) is 4.05. The van der Waals surface area contributed by atoms with Gasteiger partial charge in [-0.3, -0.25) is 19.5 Å². The van der Waals surface area contributed by atoms with Gasteiger partial charge in [-0.05, 0) is 85.3 Å². The van der Waals surface area contributed by atoms with Crippen LogP contribution in [0.2, 0.25) is 0 Å². The lowest BCUT2D eigenvalue weighted by molar-refractivity contribution is -0.133. The zero-order valence-electron chi connectivity index (χ0n) is 23.9. The SMILES string of the molecule is O=C(NC1Cc2ccc3[nH]ncc3c2CN(CCN2CCCC2)C1=O)c1ccc2c(c1)CC1(C2)C(=O)Nc2ncccc21. The minimum Gasteiger partial charge on any atom is -0.340 e. The van der Waals surface area contributed by atoms with Crippen molar-refractivity contribution in [3.63, 3.8) is 0 Å². The molecule has 4 aromatic rings. The molecule has 2 aromatic carbocycles. The first-order valence-electron chi connectivity index (χ1n) is 15.1. The number of rotatable bonds is 5. The maximum atomic E-state index is 14.0. The van der Waals surface area contributed by atoms with Crippen LogP contribution in [0, 0.1) is 0 Å². The topological polar surface area (TPSA) is 123 Å². The van der Waals surface area contributed by atoms with Gasteiger partial charge in [0.1, 0.15) is 11.9 Å². The van der Waals surface area contributed by atoms with Gasteiger partial charge >= 0.3 is 0 Å². The van der Waals surface area contributed by atoms with Gasteiger partial charge in [0.2, 0.25) is 11.8 Å². The van der Waals surface area contributed by atoms with Gasteiger partial charge in [-0.2, -0.15) is 5.10 Å². The summed E-state index contributed by atoms with van der Waals surface area (Å²) in [4.78, 5) is 49.5. The summed E-state index contributed by atoms with van der Waals surface area (Å²) in [6, 6.07) is 12.8. The first-order valence-corrected chi connectivity index (χ1v) is 15.1. The quantitative estimate of drug-likeness (QED) is 0.336. The highest BCUT2D eigenvalue weighted by atomic mass is 16.2. The van der Waals surface area contributed by atoms with Crippen LogP contribution in [0.5, 0.6) is 0 Å². The zero-order valence-corrected chi connectivity index (χ0v) is 23.9. The smallest absolute Gasteiger partial charge is 0.251 e. The van der Waals surface area contributed by atoms with E-state index in [4.69, 9.17) is 0 Å². The van der Waals surface area contributed by atoms with Crippen LogP contribution in [0.25, 0.3) is 10.9 Å². The minimum atomic E-state index is -0.698. The zero-order chi connectivity index (χ0) is 29.1. The van der Waals surface area contributed by atoms with Crippen molar-refractivity contribution in [3.8, 4) is 0 Å². The molecule has 2 aromatic heterocycles. The van der Waals surface area contributed by atoms with Crippen LogP contribution in [-0.2, 0) is 40.8 Å². The summed E-state index contributed by atoms with van der Waals surface area (Å²) in [7, 11) is 0. The second-order valence-corrected chi connectivity index (χ2v) is 12.3. The lowest BCUT2D eigenvalue weighted by Gasteiger charge is -2.27. The molecule has 0 saturated carbocycles. The number of amides is 3. The highest BCUT2D eigenvalue weighted by Crippen LogP contribution is 2.46. The standard InChI is InChI=1S/C33H33N7O3/c41-30(21-5-6-22-16-33(17-23(22)14-21)26-4-3-9-34-29(26)37-32(33)43)36-28-15-20-7-8-27-24(18-35-38-27)25(20)19-40(31(28)42)13-12-39-10-1-2-11-39/h3-9,14,18,28H,1-2,10-13,15-17,19H2,(H,35,38)(H,36,41)(H,34,37,43). The lowest BCUT2D eigenvalue weighted by atomic mass is 9.79. The Kier molecular flexibility index (Phi) is 6.08. The number of aromatic amines is 1. The third-order valence-corrected chi connectivity index (χ3v) is 9.85. The largest absolute Gasteiger partial charge is 0.340 e. The summed E-state index contributed by atoms with van der Waals surface area (Å²) in [6.07, 6.45) is 7.39. The van der Waals surface area contributed by atoms with Crippen LogP contribution in [-0.4, -0.2) is 74.9 Å². The fourth-order valence-electron chi connectivity index (χ4n) is 7.52. The van der Waals surface area contributed by atoms with E-state index in [9.17, 15) is 14.4 Å². The monoisotopic (exact) mass is 575 g/mol. The van der Waals surface area contributed by atoms with Crippen molar-refractivity contribution >= 4 is 34.4 Å². The molecule has 0 radical (unpaired) electrons. The average Bonchev–Trinajstić information content (AvgIpc) is 3.81. The number of hydrogen-bond acceptors (Lipinski definition) is 6. The lowest BCUT2D eigenvalue weighted by Crippen LogP contribution is -2.49. The van der Waals surface area contributed by atoms with Gasteiger partial charge in [0.15, 0.2) is 0 Å². The van der Waals surface area contributed by atoms with Crippen LogP contribution in [0.3, 0.4) is 0 Å². The number of carbonyl (C=O) groups is 3. The maximum absolute atomic E-state index is 14.0. The Bertz CT molecular complexity index is 1790. The van der Waals surface area contributed by atoms with E-state index in [1.807, 2.05) is 47.5 Å². The fraction of sp³-hybridized carbons (Fsp3) is 0.364. The van der Waals surface area contributed by atoms with E-state index >= 15 is 0 Å². The molecular formula is C33H33N7O3. The van der Waals surface area contributed by atoms with Crippen molar-refractivity contribution < 1.29 is 14.4 Å². The summed E-state index contributed by atoms with van der Waals surface area (Å²) >= 11 is 0. The molecular weight excluding hydrogens is 542 g/mol. The third-order valence-electron chi connectivity index (χ3n) is 9.85. The van der Waals surface area contributed by atoms with E-state index in [1.165, 1.54) is 12.8 Å². The van der Waals surface area contributed by atoms with Crippen molar-refractivity contribution in [1.82, 2.24) is 30.3 Å². The Morgan fingerprint density at radius 2 is 1.86 bits per heavy atom. The van der Waals surface area contributed by atoms with Gasteiger partial charge in [0.05, 0.1) is 17.1 Å². The van der Waals surface area contributed by atoms with Crippen LogP contribution in [0.1, 0.15) is 51.0 Å². The van der Waals surface area contributed by atoms with Crippen molar-refractivity contribution in [2.45, 2.75) is 50.1 Å². The van der Waals surface area contributed by atoms with Gasteiger partial charge < -0.3 is 20.4 Å². The summed E-state index contributed by atoms with van der Waals surface area (Å²) in [5.74, 6) is 0.221. The minimum absolute atomic E-state index is 0.0492. The number of nitrogens with one attached hydrogen (secondary N) is 3. The molecule has 1 aliphatic carbocycles. The van der Waals surface area contributed by atoms with Crippen LogP contribution >= 0.6 is 0 Å². The first-order chi connectivity index (χ1) is 21.0. The fourth-order valence-corrected chi connectivity index (χ4v) is 7.52. The van der Waals surface area contributed by atoms with Gasteiger partial charge in [0.25, 0.3) is 5.91 Å². The average molecular weight is 576 g/mol. The molecule has 2 atom stereocenters. The Morgan fingerprint density at radius 1 is 1.02 bits per heavy atom. The first kappa shape index (κ1) is 26.1. The molecule has 10 heteroatoms. The van der Waals surface area contributed by atoms with E-state index in [0.29, 0.717) is 43.7 Å². The van der Waals surface area contributed by atoms with Gasteiger partial charge in [0, 0.05) is 48.8 Å². The number of benzene rings is 2. The van der Waals surface area contributed by atoms with E-state index < -0.39 is 11.5 Å². The Balaban J connectivity index is 1.06. The molecule has 0 bridgehead atoms. The molecule has 5 heterocycles. The second-order valence-electron chi connectivity index (χ2n) is 12.3. The second kappa shape index (κ2) is 10.0. The number of carbonyl (C=O) groups excluding carboxylic acids is 3. The Labute approximate surface area is 248 Å². The van der Waals surface area contributed by atoms with Gasteiger partial charge in [-0.15, -0.1) is 0 Å². The van der Waals surface area contributed by atoms with E-state index in [1.54, 1.807) is 12.3 Å².